The molecule has 106 valence electrons. The molecule has 1 saturated heterocycles. The van der Waals surface area contributed by atoms with E-state index in [2.05, 4.69) is 15.5 Å². The lowest BCUT2D eigenvalue weighted by molar-refractivity contribution is 0.185. The number of urea groups is 1. The highest BCUT2D eigenvalue weighted by atomic mass is 16.5. The highest BCUT2D eigenvalue weighted by molar-refractivity contribution is 5.74. The van der Waals surface area contributed by atoms with Crippen LogP contribution in [0.4, 0.5) is 4.79 Å². The molecule has 2 amide bonds. The van der Waals surface area contributed by atoms with Crippen molar-refractivity contribution in [1.82, 2.24) is 25.0 Å². The number of nitrogens with zero attached hydrogens (tertiary/aromatic N) is 4. The summed E-state index contributed by atoms with van der Waals surface area (Å²) in [7, 11) is 1.66. The lowest BCUT2D eigenvalue weighted by atomic mass is 10.3. The van der Waals surface area contributed by atoms with Crippen LogP contribution in [0.5, 0.6) is 0 Å². The van der Waals surface area contributed by atoms with Gasteiger partial charge in [-0.25, -0.2) is 4.79 Å². The van der Waals surface area contributed by atoms with Gasteiger partial charge in [-0.1, -0.05) is 0 Å². The molecular weight excluding hydrogens is 246 g/mol. The average Bonchev–Trinajstić information content (AvgIpc) is 3.07. The molecule has 2 rings (SSSR count). The summed E-state index contributed by atoms with van der Waals surface area (Å²) in [6, 6.07) is -0.182. The van der Waals surface area contributed by atoms with Crippen molar-refractivity contribution in [3.8, 4) is 0 Å². The molecule has 1 aromatic heterocycles. The summed E-state index contributed by atoms with van der Waals surface area (Å²) in [6.45, 7) is 4.88. The van der Waals surface area contributed by atoms with Gasteiger partial charge in [-0.2, -0.15) is 0 Å². The van der Waals surface area contributed by atoms with Crippen LogP contribution in [0.25, 0.3) is 0 Å². The molecule has 7 heteroatoms. The fourth-order valence-corrected chi connectivity index (χ4v) is 2.22. The number of nitrogens with one attached hydrogen (secondary N) is 1. The Balaban J connectivity index is 1.93. The number of hydrogen-bond acceptors (Lipinski definition) is 4. The van der Waals surface area contributed by atoms with Gasteiger partial charge in [0.05, 0.1) is 12.6 Å². The molecule has 19 heavy (non-hydrogen) atoms. The van der Waals surface area contributed by atoms with Crippen molar-refractivity contribution >= 4 is 6.03 Å². The van der Waals surface area contributed by atoms with Crippen molar-refractivity contribution < 1.29 is 9.53 Å². The van der Waals surface area contributed by atoms with Crippen LogP contribution in [0, 0.1) is 0 Å². The van der Waals surface area contributed by atoms with E-state index in [0.717, 1.165) is 31.8 Å². The van der Waals surface area contributed by atoms with E-state index in [1.807, 2.05) is 16.4 Å². The fourth-order valence-electron chi connectivity index (χ4n) is 2.22. The maximum absolute atomic E-state index is 12.0. The van der Waals surface area contributed by atoms with Crippen LogP contribution >= 0.6 is 0 Å². The molecule has 1 aromatic rings. The molecule has 0 bridgehead atoms. The van der Waals surface area contributed by atoms with Crippen molar-refractivity contribution in [2.24, 2.45) is 0 Å². The number of rotatable bonds is 5. The van der Waals surface area contributed by atoms with E-state index in [0.29, 0.717) is 13.2 Å². The summed E-state index contributed by atoms with van der Waals surface area (Å²) in [5.41, 5.74) is 0. The van der Waals surface area contributed by atoms with Crippen LogP contribution in [0.15, 0.2) is 6.33 Å². The van der Waals surface area contributed by atoms with Crippen molar-refractivity contribution in [3.05, 3.63) is 12.2 Å². The lowest BCUT2D eigenvalue weighted by Gasteiger charge is -2.20. The zero-order valence-electron chi connectivity index (χ0n) is 11.5. The van der Waals surface area contributed by atoms with Gasteiger partial charge in [0.25, 0.3) is 0 Å². The summed E-state index contributed by atoms with van der Waals surface area (Å²) in [5.74, 6) is 0.754. The van der Waals surface area contributed by atoms with Crippen molar-refractivity contribution in [3.63, 3.8) is 0 Å². The Morgan fingerprint density at radius 2 is 2.26 bits per heavy atom. The number of amides is 2. The number of carbonyl (C=O) groups is 1. The van der Waals surface area contributed by atoms with E-state index in [1.54, 1.807) is 13.4 Å². The topological polar surface area (TPSA) is 72.3 Å². The van der Waals surface area contributed by atoms with Gasteiger partial charge in [0.1, 0.15) is 6.33 Å². The summed E-state index contributed by atoms with van der Waals surface area (Å²) >= 11 is 0. The van der Waals surface area contributed by atoms with Gasteiger partial charge >= 0.3 is 6.03 Å². The smallest absolute Gasteiger partial charge is 0.317 e. The Bertz CT molecular complexity index is 414. The van der Waals surface area contributed by atoms with E-state index in [4.69, 9.17) is 4.74 Å². The minimum atomic E-state index is -0.160. The molecule has 0 saturated carbocycles. The van der Waals surface area contributed by atoms with Crippen LogP contribution in [0.3, 0.4) is 0 Å². The maximum Gasteiger partial charge on any atom is 0.317 e. The first-order valence-corrected chi connectivity index (χ1v) is 6.64. The minimum Gasteiger partial charge on any atom is -0.383 e. The van der Waals surface area contributed by atoms with Gasteiger partial charge in [0, 0.05) is 26.7 Å². The zero-order chi connectivity index (χ0) is 13.7. The molecule has 0 radical (unpaired) electrons. The van der Waals surface area contributed by atoms with Crippen molar-refractivity contribution in [2.45, 2.75) is 32.4 Å². The number of ether oxygens (including phenoxy) is 1. The average molecular weight is 267 g/mol. The Hall–Kier alpha value is -1.63. The first-order valence-electron chi connectivity index (χ1n) is 6.64. The van der Waals surface area contributed by atoms with Crippen molar-refractivity contribution in [2.75, 3.05) is 26.8 Å². The van der Waals surface area contributed by atoms with Crippen LogP contribution in [0.2, 0.25) is 0 Å². The van der Waals surface area contributed by atoms with Crippen molar-refractivity contribution in [1.29, 1.82) is 0 Å². The van der Waals surface area contributed by atoms with Gasteiger partial charge in [0.15, 0.2) is 5.82 Å². The van der Waals surface area contributed by atoms with E-state index < -0.39 is 0 Å². The summed E-state index contributed by atoms with van der Waals surface area (Å²) < 4.78 is 6.94. The van der Waals surface area contributed by atoms with Gasteiger partial charge in [-0.05, 0) is 19.8 Å². The van der Waals surface area contributed by atoms with Crippen LogP contribution < -0.4 is 5.32 Å². The predicted octanol–water partition coefficient (Wildman–Crippen LogP) is 0.791. The summed E-state index contributed by atoms with van der Waals surface area (Å²) in [4.78, 5) is 13.8. The van der Waals surface area contributed by atoms with Gasteiger partial charge in [-0.3, -0.25) is 0 Å². The molecule has 1 unspecified atom stereocenters. The Morgan fingerprint density at radius 3 is 2.95 bits per heavy atom. The molecule has 1 fully saturated rings. The molecule has 2 heterocycles. The largest absolute Gasteiger partial charge is 0.383 e. The van der Waals surface area contributed by atoms with Gasteiger partial charge in [-0.15, -0.1) is 10.2 Å². The van der Waals surface area contributed by atoms with E-state index in [9.17, 15) is 4.79 Å². The minimum absolute atomic E-state index is 0.0220. The molecule has 0 spiro atoms. The normalized spacial score (nSPS) is 16.6. The third-order valence-corrected chi connectivity index (χ3v) is 3.30. The van der Waals surface area contributed by atoms with E-state index in [-0.39, 0.29) is 12.1 Å². The number of aromatic nitrogens is 3. The second-order valence-electron chi connectivity index (χ2n) is 4.74. The molecule has 7 nitrogen and oxygen atoms in total. The van der Waals surface area contributed by atoms with Crippen LogP contribution in [0.1, 0.15) is 31.6 Å². The standard InChI is InChI=1S/C12H21N5O2/c1-10(14-12(18)16-5-3-4-6-16)11-15-13-9-17(11)7-8-19-2/h9-10H,3-8H2,1-2H3,(H,14,18). The third-order valence-electron chi connectivity index (χ3n) is 3.30. The highest BCUT2D eigenvalue weighted by Gasteiger charge is 2.21. The summed E-state index contributed by atoms with van der Waals surface area (Å²) in [6.07, 6.45) is 3.84. The fraction of sp³-hybridized carbons (Fsp3) is 0.750. The maximum atomic E-state index is 12.0. The molecule has 0 aliphatic carbocycles. The second kappa shape index (κ2) is 6.51. The van der Waals surface area contributed by atoms with Crippen LogP contribution in [-0.2, 0) is 11.3 Å². The molecule has 1 aliphatic heterocycles. The van der Waals surface area contributed by atoms with E-state index >= 15 is 0 Å². The molecule has 1 N–H and O–H groups in total. The highest BCUT2D eigenvalue weighted by Crippen LogP contribution is 2.12. The monoisotopic (exact) mass is 267 g/mol. The van der Waals surface area contributed by atoms with Gasteiger partial charge < -0.3 is 19.5 Å². The zero-order valence-corrected chi connectivity index (χ0v) is 11.5. The van der Waals surface area contributed by atoms with Crippen LogP contribution in [-0.4, -0.2) is 52.5 Å². The molecule has 1 atom stereocenters. The Morgan fingerprint density at radius 1 is 1.53 bits per heavy atom. The third kappa shape index (κ3) is 3.44. The predicted molar refractivity (Wildman–Crippen MR) is 69.7 cm³/mol. The lowest BCUT2D eigenvalue weighted by Crippen LogP contribution is -2.39. The number of methoxy groups -OCH3 is 1. The first kappa shape index (κ1) is 13.8. The quantitative estimate of drug-likeness (QED) is 0.856. The number of carbonyl (C=O) groups excluding carboxylic acids is 1. The Labute approximate surface area is 112 Å². The number of likely N-dealkylation sites (tertiary alicyclic amines) is 1. The molecular formula is C12H21N5O2. The van der Waals surface area contributed by atoms with E-state index in [1.165, 1.54) is 0 Å². The molecule has 0 aromatic carbocycles. The molecule has 1 aliphatic rings. The number of hydrogen-bond donors (Lipinski definition) is 1. The summed E-state index contributed by atoms with van der Waals surface area (Å²) in [5, 5.41) is 10.9. The Kier molecular flexibility index (Phi) is 4.73. The van der Waals surface area contributed by atoms with Gasteiger partial charge in [0.2, 0.25) is 0 Å². The second-order valence-corrected chi connectivity index (χ2v) is 4.74. The first-order chi connectivity index (χ1) is 9.22. The SMILES string of the molecule is COCCn1cnnc1C(C)NC(=O)N1CCCC1.